The molecule has 0 saturated carbocycles. The van der Waals surface area contributed by atoms with Gasteiger partial charge in [0.2, 0.25) is 10.0 Å². The molecule has 1 fully saturated rings. The average Bonchev–Trinajstić information content (AvgIpc) is 3.09. The summed E-state index contributed by atoms with van der Waals surface area (Å²) in [6.07, 6.45) is 0.593. The van der Waals surface area contributed by atoms with E-state index in [9.17, 15) is 13.2 Å². The number of benzene rings is 3. The molecule has 0 unspecified atom stereocenters. The first kappa shape index (κ1) is 19.0. The summed E-state index contributed by atoms with van der Waals surface area (Å²) in [7, 11) is -3.28. The maximum absolute atomic E-state index is 12.6. The fraction of sp³-hybridized carbons (Fsp3) is 0.136. The van der Waals surface area contributed by atoms with Gasteiger partial charge in [-0.25, -0.2) is 8.42 Å². The Bertz CT molecular complexity index is 1110. The number of para-hydroxylation sites is 1. The predicted octanol–water partition coefficient (Wildman–Crippen LogP) is 4.27. The summed E-state index contributed by atoms with van der Waals surface area (Å²) in [5.74, 6) is 1.23. The molecule has 1 amide bonds. The highest BCUT2D eigenvalue weighted by Crippen LogP contribution is 2.26. The van der Waals surface area contributed by atoms with Crippen LogP contribution in [0.25, 0.3) is 0 Å². The lowest BCUT2D eigenvalue weighted by Gasteiger charge is -2.17. The van der Waals surface area contributed by atoms with Crippen molar-refractivity contribution in [1.82, 2.24) is 0 Å². The molecule has 0 atom stereocenters. The lowest BCUT2D eigenvalue weighted by Crippen LogP contribution is -2.25. The van der Waals surface area contributed by atoms with Crippen molar-refractivity contribution in [2.75, 3.05) is 21.9 Å². The van der Waals surface area contributed by atoms with Crippen molar-refractivity contribution in [3.8, 4) is 11.5 Å². The molecule has 1 aliphatic rings. The van der Waals surface area contributed by atoms with E-state index < -0.39 is 10.0 Å². The van der Waals surface area contributed by atoms with Gasteiger partial charge in [0.15, 0.2) is 0 Å². The van der Waals surface area contributed by atoms with Crippen LogP contribution in [0.2, 0.25) is 0 Å². The first-order valence-electron chi connectivity index (χ1n) is 9.26. The van der Waals surface area contributed by atoms with Crippen molar-refractivity contribution in [3.63, 3.8) is 0 Å². The summed E-state index contributed by atoms with van der Waals surface area (Å²) < 4.78 is 31.3. The van der Waals surface area contributed by atoms with Crippen LogP contribution in [-0.2, 0) is 10.0 Å². The van der Waals surface area contributed by atoms with Gasteiger partial charge in [-0.2, -0.15) is 0 Å². The summed E-state index contributed by atoms with van der Waals surface area (Å²) in [6.45, 7) is 0.441. The van der Waals surface area contributed by atoms with E-state index in [4.69, 9.17) is 4.74 Å². The Kier molecular flexibility index (Phi) is 5.22. The Hall–Kier alpha value is -3.32. The second kappa shape index (κ2) is 7.97. The van der Waals surface area contributed by atoms with Gasteiger partial charge in [-0.15, -0.1) is 0 Å². The number of nitrogens with one attached hydrogen (secondary N) is 1. The van der Waals surface area contributed by atoms with Gasteiger partial charge in [0, 0.05) is 17.8 Å². The van der Waals surface area contributed by atoms with Crippen molar-refractivity contribution in [1.29, 1.82) is 0 Å². The third kappa shape index (κ3) is 4.41. The molecule has 1 heterocycles. The van der Waals surface area contributed by atoms with E-state index >= 15 is 0 Å². The maximum atomic E-state index is 12.6. The fourth-order valence-corrected chi connectivity index (χ4v) is 4.72. The highest BCUT2D eigenvalue weighted by atomic mass is 32.2. The zero-order valence-electron chi connectivity index (χ0n) is 15.6. The number of rotatable bonds is 5. The largest absolute Gasteiger partial charge is 0.457 e. The molecule has 0 spiro atoms. The smallest absolute Gasteiger partial charge is 0.255 e. The van der Waals surface area contributed by atoms with Crippen molar-refractivity contribution < 1.29 is 17.9 Å². The quantitative estimate of drug-likeness (QED) is 0.684. The zero-order valence-corrected chi connectivity index (χ0v) is 16.4. The summed E-state index contributed by atoms with van der Waals surface area (Å²) in [6, 6.07) is 23.1. The third-order valence-electron chi connectivity index (χ3n) is 4.59. The molecule has 148 valence electrons. The Labute approximate surface area is 169 Å². The molecular formula is C22H20N2O4S. The van der Waals surface area contributed by atoms with Crippen LogP contribution in [0.1, 0.15) is 16.8 Å². The summed E-state index contributed by atoms with van der Waals surface area (Å²) in [5, 5.41) is 2.83. The standard InChI is InChI=1S/C22H20N2O4S/c25-22(17-6-4-7-19(16-17)24-14-5-15-29(24,26)27)23-18-10-12-21(13-11-18)28-20-8-2-1-3-9-20/h1-4,6-13,16H,5,14-15H2,(H,23,25). The van der Waals surface area contributed by atoms with Gasteiger partial charge in [-0.3, -0.25) is 9.10 Å². The second-order valence-corrected chi connectivity index (χ2v) is 8.70. The number of carbonyl (C=O) groups excluding carboxylic acids is 1. The van der Waals surface area contributed by atoms with Gasteiger partial charge in [-0.1, -0.05) is 24.3 Å². The average molecular weight is 408 g/mol. The van der Waals surface area contributed by atoms with Gasteiger partial charge in [0.05, 0.1) is 11.4 Å². The van der Waals surface area contributed by atoms with Crippen LogP contribution in [0.15, 0.2) is 78.9 Å². The second-order valence-electron chi connectivity index (χ2n) is 6.69. The van der Waals surface area contributed by atoms with Crippen LogP contribution in [0, 0.1) is 0 Å². The monoisotopic (exact) mass is 408 g/mol. The predicted molar refractivity (Wildman–Crippen MR) is 113 cm³/mol. The number of sulfonamides is 1. The van der Waals surface area contributed by atoms with Crippen LogP contribution in [0.3, 0.4) is 0 Å². The van der Waals surface area contributed by atoms with Crippen LogP contribution < -0.4 is 14.4 Å². The number of amides is 1. The SMILES string of the molecule is O=C(Nc1ccc(Oc2ccccc2)cc1)c1cccc(N2CCCS2(=O)=O)c1. The molecule has 3 aromatic carbocycles. The molecule has 7 heteroatoms. The summed E-state index contributed by atoms with van der Waals surface area (Å²) in [5.41, 5.74) is 1.53. The van der Waals surface area contributed by atoms with Crippen molar-refractivity contribution in [3.05, 3.63) is 84.4 Å². The third-order valence-corrected chi connectivity index (χ3v) is 6.46. The van der Waals surface area contributed by atoms with Gasteiger partial charge in [0.1, 0.15) is 11.5 Å². The first-order chi connectivity index (χ1) is 14.0. The molecule has 1 saturated heterocycles. The van der Waals surface area contributed by atoms with E-state index in [2.05, 4.69) is 5.32 Å². The molecule has 1 aliphatic heterocycles. The van der Waals surface area contributed by atoms with Gasteiger partial charge in [0.25, 0.3) is 5.91 Å². The maximum Gasteiger partial charge on any atom is 0.255 e. The fourth-order valence-electron chi connectivity index (χ4n) is 3.17. The lowest BCUT2D eigenvalue weighted by molar-refractivity contribution is 0.102. The van der Waals surface area contributed by atoms with Crippen LogP contribution >= 0.6 is 0 Å². The lowest BCUT2D eigenvalue weighted by atomic mass is 10.1. The number of hydrogen-bond donors (Lipinski definition) is 1. The molecule has 3 aromatic rings. The Morgan fingerprint density at radius 1 is 0.897 bits per heavy atom. The van der Waals surface area contributed by atoms with E-state index in [0.29, 0.717) is 35.7 Å². The zero-order chi connectivity index (χ0) is 20.3. The van der Waals surface area contributed by atoms with Gasteiger partial charge >= 0.3 is 0 Å². The Morgan fingerprint density at radius 2 is 1.62 bits per heavy atom. The number of carbonyl (C=O) groups is 1. The molecule has 29 heavy (non-hydrogen) atoms. The molecule has 0 aliphatic carbocycles. The van der Waals surface area contributed by atoms with Crippen LogP contribution in [0.4, 0.5) is 11.4 Å². The molecular weight excluding hydrogens is 388 g/mol. The minimum atomic E-state index is -3.28. The minimum absolute atomic E-state index is 0.140. The summed E-state index contributed by atoms with van der Waals surface area (Å²) in [4.78, 5) is 12.6. The first-order valence-corrected chi connectivity index (χ1v) is 10.9. The van der Waals surface area contributed by atoms with Crippen LogP contribution in [0.5, 0.6) is 11.5 Å². The number of hydrogen-bond acceptors (Lipinski definition) is 4. The van der Waals surface area contributed by atoms with E-state index in [1.165, 1.54) is 4.31 Å². The molecule has 6 nitrogen and oxygen atoms in total. The number of ether oxygens (including phenoxy) is 1. The normalized spacial score (nSPS) is 15.1. The Morgan fingerprint density at radius 3 is 2.31 bits per heavy atom. The highest BCUT2D eigenvalue weighted by molar-refractivity contribution is 7.93. The Balaban J connectivity index is 1.45. The van der Waals surface area contributed by atoms with E-state index in [0.717, 1.165) is 5.75 Å². The van der Waals surface area contributed by atoms with Crippen molar-refractivity contribution in [2.24, 2.45) is 0 Å². The van der Waals surface area contributed by atoms with Crippen LogP contribution in [-0.4, -0.2) is 26.6 Å². The van der Waals surface area contributed by atoms with E-state index in [-0.39, 0.29) is 11.7 Å². The van der Waals surface area contributed by atoms with E-state index in [1.54, 1.807) is 48.5 Å². The molecule has 4 rings (SSSR count). The minimum Gasteiger partial charge on any atom is -0.457 e. The van der Waals surface area contributed by atoms with Gasteiger partial charge < -0.3 is 10.1 Å². The highest BCUT2D eigenvalue weighted by Gasteiger charge is 2.28. The van der Waals surface area contributed by atoms with Gasteiger partial charge in [-0.05, 0) is 61.0 Å². The van der Waals surface area contributed by atoms with Crippen molar-refractivity contribution in [2.45, 2.75) is 6.42 Å². The number of anilines is 2. The molecule has 0 aromatic heterocycles. The number of nitrogens with zero attached hydrogens (tertiary/aromatic N) is 1. The molecule has 0 bridgehead atoms. The molecule has 0 radical (unpaired) electrons. The summed E-state index contributed by atoms with van der Waals surface area (Å²) >= 11 is 0. The molecule has 1 N–H and O–H groups in total. The van der Waals surface area contributed by atoms with E-state index in [1.807, 2.05) is 30.3 Å². The topological polar surface area (TPSA) is 75.7 Å². The van der Waals surface area contributed by atoms with Crippen molar-refractivity contribution >= 4 is 27.3 Å².